The van der Waals surface area contributed by atoms with Crippen LogP contribution in [0, 0.1) is 5.82 Å². The van der Waals surface area contributed by atoms with E-state index in [4.69, 9.17) is 0 Å². The molecule has 3 heterocycles. The molecule has 134 valence electrons. The van der Waals surface area contributed by atoms with E-state index in [9.17, 15) is 19.1 Å². The number of hydrogen-bond donors (Lipinski definition) is 1. The van der Waals surface area contributed by atoms with Crippen molar-refractivity contribution in [3.05, 3.63) is 93.9 Å². The molecule has 1 N–H and O–H groups in total. The van der Waals surface area contributed by atoms with Gasteiger partial charge in [0, 0.05) is 18.1 Å². The number of halogens is 1. The van der Waals surface area contributed by atoms with Crippen molar-refractivity contribution in [2.45, 2.75) is 6.04 Å². The highest BCUT2D eigenvalue weighted by molar-refractivity contribution is 7.12. The number of anilines is 1. The number of hydrogen-bond acceptors (Lipinski definition) is 5. The predicted molar refractivity (Wildman–Crippen MR) is 99.2 cm³/mol. The van der Waals surface area contributed by atoms with E-state index in [0.29, 0.717) is 10.4 Å². The SMILES string of the molecule is O=C(C1=C(O)C(=O)N(c2cccc(F)c2)C1c1cccnc1)c1cccs1. The van der Waals surface area contributed by atoms with Gasteiger partial charge < -0.3 is 5.11 Å². The third-order valence-electron chi connectivity index (χ3n) is 4.28. The van der Waals surface area contributed by atoms with E-state index < -0.39 is 29.3 Å². The van der Waals surface area contributed by atoms with Gasteiger partial charge in [0.15, 0.2) is 5.76 Å². The van der Waals surface area contributed by atoms with E-state index in [1.807, 2.05) is 0 Å². The van der Waals surface area contributed by atoms with E-state index >= 15 is 0 Å². The predicted octanol–water partition coefficient (Wildman–Crippen LogP) is 4.07. The van der Waals surface area contributed by atoms with Crippen LogP contribution in [0.15, 0.2) is 77.6 Å². The average Bonchev–Trinajstić information content (AvgIpc) is 3.30. The van der Waals surface area contributed by atoms with Gasteiger partial charge in [0.05, 0.1) is 16.5 Å². The van der Waals surface area contributed by atoms with Crippen molar-refractivity contribution in [1.82, 2.24) is 4.98 Å². The lowest BCUT2D eigenvalue weighted by molar-refractivity contribution is -0.117. The van der Waals surface area contributed by atoms with Crippen LogP contribution in [0.1, 0.15) is 21.3 Å². The van der Waals surface area contributed by atoms with E-state index in [0.717, 1.165) is 0 Å². The van der Waals surface area contributed by atoms with Crippen molar-refractivity contribution in [3.63, 3.8) is 0 Å². The molecule has 5 nitrogen and oxygen atoms in total. The molecule has 3 aromatic rings. The number of thiophene rings is 1. The van der Waals surface area contributed by atoms with Gasteiger partial charge in [-0.1, -0.05) is 18.2 Å². The lowest BCUT2D eigenvalue weighted by Gasteiger charge is -2.26. The molecule has 0 saturated carbocycles. The molecule has 7 heteroatoms. The fraction of sp³-hybridized carbons (Fsp3) is 0.0500. The number of benzene rings is 1. The van der Waals surface area contributed by atoms with Crippen LogP contribution in [0.3, 0.4) is 0 Å². The quantitative estimate of drug-likeness (QED) is 0.693. The summed E-state index contributed by atoms with van der Waals surface area (Å²) in [5.41, 5.74) is 0.744. The molecule has 1 aliphatic heterocycles. The van der Waals surface area contributed by atoms with Crippen LogP contribution in [-0.4, -0.2) is 21.8 Å². The van der Waals surface area contributed by atoms with Gasteiger partial charge in [0.2, 0.25) is 5.78 Å². The lowest BCUT2D eigenvalue weighted by Crippen LogP contribution is -2.31. The van der Waals surface area contributed by atoms with E-state index in [-0.39, 0.29) is 11.3 Å². The van der Waals surface area contributed by atoms with Crippen molar-refractivity contribution in [3.8, 4) is 0 Å². The summed E-state index contributed by atoms with van der Waals surface area (Å²) < 4.78 is 13.8. The van der Waals surface area contributed by atoms with Crippen LogP contribution in [0.25, 0.3) is 0 Å². The molecular formula is C20H13FN2O3S. The molecule has 1 unspecified atom stereocenters. The van der Waals surface area contributed by atoms with Gasteiger partial charge in [0.1, 0.15) is 5.82 Å². The molecule has 27 heavy (non-hydrogen) atoms. The third kappa shape index (κ3) is 2.92. The Labute approximate surface area is 158 Å². The van der Waals surface area contributed by atoms with Gasteiger partial charge in [-0.05, 0) is 41.3 Å². The Morgan fingerprint density at radius 3 is 2.70 bits per heavy atom. The molecule has 2 aromatic heterocycles. The van der Waals surface area contributed by atoms with Crippen LogP contribution in [0.5, 0.6) is 0 Å². The van der Waals surface area contributed by atoms with Gasteiger partial charge in [-0.3, -0.25) is 19.5 Å². The summed E-state index contributed by atoms with van der Waals surface area (Å²) in [6.45, 7) is 0. The van der Waals surface area contributed by atoms with E-state index in [1.54, 1.807) is 41.9 Å². The Hall–Kier alpha value is -3.32. The van der Waals surface area contributed by atoms with Crippen molar-refractivity contribution in [1.29, 1.82) is 0 Å². The van der Waals surface area contributed by atoms with Crippen molar-refractivity contribution >= 4 is 28.7 Å². The monoisotopic (exact) mass is 380 g/mol. The van der Waals surface area contributed by atoms with Crippen LogP contribution in [0.2, 0.25) is 0 Å². The Kier molecular flexibility index (Phi) is 4.29. The molecule has 0 bridgehead atoms. The zero-order chi connectivity index (χ0) is 19.0. The number of rotatable bonds is 4. The summed E-state index contributed by atoms with van der Waals surface area (Å²) in [5.74, 6) is -2.35. The standard InChI is InChI=1S/C20H13FN2O3S/c21-13-5-1-6-14(10-13)23-17(12-4-2-8-22-11-12)16(19(25)20(23)26)18(24)15-7-3-9-27-15/h1-11,17,25H. The summed E-state index contributed by atoms with van der Waals surface area (Å²) in [6, 6.07) is 11.3. The largest absolute Gasteiger partial charge is 0.503 e. The summed E-state index contributed by atoms with van der Waals surface area (Å²) in [4.78, 5) is 31.5. The maximum absolute atomic E-state index is 13.8. The van der Waals surface area contributed by atoms with Crippen LogP contribution in [-0.2, 0) is 4.79 Å². The topological polar surface area (TPSA) is 70.5 Å². The maximum Gasteiger partial charge on any atom is 0.294 e. The normalized spacial score (nSPS) is 16.9. The second-order valence-corrected chi connectivity index (χ2v) is 6.86. The smallest absolute Gasteiger partial charge is 0.294 e. The number of aliphatic hydroxyl groups excluding tert-OH is 1. The Morgan fingerprint density at radius 2 is 2.04 bits per heavy atom. The molecular weight excluding hydrogens is 367 g/mol. The molecule has 1 atom stereocenters. The number of Topliss-reactive ketones (excluding diaryl/α,β-unsaturated/α-hetero) is 1. The number of carbonyl (C=O) groups excluding carboxylic acids is 2. The first-order chi connectivity index (χ1) is 13.1. The van der Waals surface area contributed by atoms with Crippen molar-refractivity contribution < 1.29 is 19.1 Å². The number of pyridine rings is 1. The highest BCUT2D eigenvalue weighted by Gasteiger charge is 2.45. The van der Waals surface area contributed by atoms with Gasteiger partial charge in [-0.2, -0.15) is 0 Å². The zero-order valence-corrected chi connectivity index (χ0v) is 14.7. The molecule has 4 rings (SSSR count). The van der Waals surface area contributed by atoms with Gasteiger partial charge in [-0.15, -0.1) is 11.3 Å². The second kappa shape index (κ2) is 6.77. The fourth-order valence-electron chi connectivity index (χ4n) is 3.12. The number of ketones is 1. The van der Waals surface area contributed by atoms with Gasteiger partial charge >= 0.3 is 0 Å². The number of aromatic nitrogens is 1. The first-order valence-electron chi connectivity index (χ1n) is 8.08. The van der Waals surface area contributed by atoms with Crippen LogP contribution >= 0.6 is 11.3 Å². The summed E-state index contributed by atoms with van der Waals surface area (Å²) in [5, 5.41) is 12.3. The number of nitrogens with zero attached hydrogens (tertiary/aromatic N) is 2. The first-order valence-corrected chi connectivity index (χ1v) is 8.96. The minimum absolute atomic E-state index is 0.0419. The van der Waals surface area contributed by atoms with Gasteiger partial charge in [-0.25, -0.2) is 4.39 Å². The molecule has 0 radical (unpaired) electrons. The fourth-order valence-corrected chi connectivity index (χ4v) is 3.80. The van der Waals surface area contributed by atoms with Gasteiger partial charge in [0.25, 0.3) is 5.91 Å². The maximum atomic E-state index is 13.8. The number of aliphatic hydroxyl groups is 1. The summed E-state index contributed by atoms with van der Waals surface area (Å²) >= 11 is 1.22. The lowest BCUT2D eigenvalue weighted by atomic mass is 9.96. The Balaban J connectivity index is 1.89. The third-order valence-corrected chi connectivity index (χ3v) is 5.15. The minimum atomic E-state index is -0.900. The van der Waals surface area contributed by atoms with Crippen LogP contribution < -0.4 is 4.90 Å². The molecule has 1 aromatic carbocycles. The molecule has 1 amide bonds. The first kappa shape index (κ1) is 17.1. The highest BCUT2D eigenvalue weighted by atomic mass is 32.1. The van der Waals surface area contributed by atoms with Crippen molar-refractivity contribution in [2.75, 3.05) is 4.90 Å². The molecule has 0 spiro atoms. The number of carbonyl (C=O) groups is 2. The van der Waals surface area contributed by atoms with E-state index in [1.165, 1.54) is 40.6 Å². The minimum Gasteiger partial charge on any atom is -0.503 e. The zero-order valence-electron chi connectivity index (χ0n) is 13.9. The van der Waals surface area contributed by atoms with Crippen molar-refractivity contribution in [2.24, 2.45) is 0 Å². The summed E-state index contributed by atoms with van der Waals surface area (Å²) in [6.07, 6.45) is 3.08. The Bertz CT molecular complexity index is 1050. The van der Waals surface area contributed by atoms with E-state index in [2.05, 4.69) is 4.98 Å². The molecule has 1 aliphatic rings. The second-order valence-electron chi connectivity index (χ2n) is 5.91. The number of amides is 1. The molecule has 0 aliphatic carbocycles. The molecule has 0 fully saturated rings. The average molecular weight is 380 g/mol. The van der Waals surface area contributed by atoms with Crippen LogP contribution in [0.4, 0.5) is 10.1 Å². The highest BCUT2D eigenvalue weighted by Crippen LogP contribution is 2.42. The molecule has 0 saturated heterocycles. The Morgan fingerprint density at radius 1 is 1.19 bits per heavy atom. The summed E-state index contributed by atoms with van der Waals surface area (Å²) in [7, 11) is 0.